The van der Waals surface area contributed by atoms with Gasteiger partial charge in [0.1, 0.15) is 5.78 Å². The van der Waals surface area contributed by atoms with E-state index in [9.17, 15) is 4.79 Å². The van der Waals surface area contributed by atoms with Crippen molar-refractivity contribution in [3.05, 3.63) is 59.9 Å². The van der Waals surface area contributed by atoms with E-state index in [1.165, 1.54) is 11.1 Å². The Hall–Kier alpha value is -2.20. The summed E-state index contributed by atoms with van der Waals surface area (Å²) in [4.78, 5) is 18.7. The van der Waals surface area contributed by atoms with Crippen LogP contribution in [0.3, 0.4) is 0 Å². The van der Waals surface area contributed by atoms with E-state index in [0.717, 1.165) is 5.69 Å². The number of rotatable bonds is 2. The van der Waals surface area contributed by atoms with Gasteiger partial charge in [-0.2, -0.15) is 0 Å². The third-order valence-electron chi connectivity index (χ3n) is 5.06. The highest BCUT2D eigenvalue weighted by atomic mass is 16.1. The molecule has 4 atom stereocenters. The van der Waals surface area contributed by atoms with Crippen molar-refractivity contribution < 1.29 is 4.79 Å². The molecule has 22 heavy (non-hydrogen) atoms. The molecule has 4 rings (SSSR count). The van der Waals surface area contributed by atoms with Gasteiger partial charge in [-0.3, -0.25) is 14.7 Å². The molecule has 0 amide bonds. The second kappa shape index (κ2) is 4.92. The fraction of sp³-hybridized carbons (Fsp3) is 0.333. The van der Waals surface area contributed by atoms with Crippen molar-refractivity contribution in [3.8, 4) is 0 Å². The van der Waals surface area contributed by atoms with E-state index in [4.69, 9.17) is 0 Å². The summed E-state index contributed by atoms with van der Waals surface area (Å²) in [5.74, 6) is 0.673. The Labute approximate surface area is 130 Å². The van der Waals surface area contributed by atoms with Gasteiger partial charge in [-0.15, -0.1) is 0 Å². The zero-order chi connectivity index (χ0) is 15.3. The molecule has 4 unspecified atom stereocenters. The summed E-state index contributed by atoms with van der Waals surface area (Å²) in [5.41, 5.74) is 3.59. The molecule has 1 saturated heterocycles. The first-order chi connectivity index (χ1) is 10.7. The number of fused-ring (bicyclic) bond motifs is 3. The van der Waals surface area contributed by atoms with Gasteiger partial charge in [0.2, 0.25) is 0 Å². The number of ketones is 1. The van der Waals surface area contributed by atoms with Gasteiger partial charge in [0, 0.05) is 18.0 Å². The topological polar surface area (TPSA) is 45.2 Å². The number of benzene rings is 1. The molecular weight excluding hydrogens is 274 g/mol. The first kappa shape index (κ1) is 13.5. The minimum absolute atomic E-state index is 0.0915. The summed E-state index contributed by atoms with van der Waals surface area (Å²) in [5, 5.41) is 3.54. The van der Waals surface area contributed by atoms with Crippen molar-refractivity contribution in [3.63, 3.8) is 0 Å². The molecule has 1 aromatic carbocycles. The zero-order valence-corrected chi connectivity index (χ0v) is 12.7. The summed E-state index contributed by atoms with van der Waals surface area (Å²) in [6.45, 7) is 1.70. The van der Waals surface area contributed by atoms with E-state index < -0.39 is 0 Å². The van der Waals surface area contributed by atoms with E-state index in [2.05, 4.69) is 45.5 Å². The molecular formula is C18H19N3O. The molecule has 4 nitrogen and oxygen atoms in total. The van der Waals surface area contributed by atoms with Crippen LogP contribution < -0.4 is 5.32 Å². The van der Waals surface area contributed by atoms with Crippen molar-refractivity contribution >= 4 is 11.5 Å². The van der Waals surface area contributed by atoms with Gasteiger partial charge in [-0.25, -0.2) is 0 Å². The minimum Gasteiger partial charge on any atom is -0.368 e. The summed E-state index contributed by atoms with van der Waals surface area (Å²) in [7, 11) is 2.04. The van der Waals surface area contributed by atoms with Crippen LogP contribution in [0.2, 0.25) is 0 Å². The van der Waals surface area contributed by atoms with Crippen LogP contribution in [0.5, 0.6) is 0 Å². The highest BCUT2D eigenvalue weighted by molar-refractivity contribution is 5.84. The number of pyridine rings is 1. The Bertz CT molecular complexity index is 715. The van der Waals surface area contributed by atoms with Gasteiger partial charge >= 0.3 is 0 Å². The number of carbonyl (C=O) groups excluding carboxylic acids is 1. The van der Waals surface area contributed by atoms with E-state index in [-0.39, 0.29) is 29.8 Å². The molecule has 1 fully saturated rings. The zero-order valence-electron chi connectivity index (χ0n) is 12.7. The number of hydrogen-bond donors (Lipinski definition) is 1. The van der Waals surface area contributed by atoms with Gasteiger partial charge < -0.3 is 5.32 Å². The van der Waals surface area contributed by atoms with Crippen LogP contribution >= 0.6 is 0 Å². The number of anilines is 1. The molecule has 4 heteroatoms. The lowest BCUT2D eigenvalue weighted by molar-refractivity contribution is -0.121. The van der Waals surface area contributed by atoms with Crippen LogP contribution in [0.4, 0.5) is 5.69 Å². The molecule has 3 heterocycles. The monoisotopic (exact) mass is 293 g/mol. The summed E-state index contributed by atoms with van der Waals surface area (Å²) in [6, 6.07) is 12.4. The first-order valence-corrected chi connectivity index (χ1v) is 7.66. The van der Waals surface area contributed by atoms with E-state index >= 15 is 0 Å². The van der Waals surface area contributed by atoms with E-state index in [1.54, 1.807) is 6.92 Å². The number of nitrogens with one attached hydrogen (secondary N) is 1. The average Bonchev–Trinajstić information content (AvgIpc) is 3.04. The largest absolute Gasteiger partial charge is 0.368 e. The van der Waals surface area contributed by atoms with Crippen molar-refractivity contribution in [1.82, 2.24) is 9.88 Å². The van der Waals surface area contributed by atoms with Crippen molar-refractivity contribution in [2.75, 3.05) is 12.4 Å². The van der Waals surface area contributed by atoms with Crippen LogP contribution in [0.25, 0.3) is 0 Å². The minimum atomic E-state index is -0.0915. The predicted octanol–water partition coefficient (Wildman–Crippen LogP) is 2.60. The van der Waals surface area contributed by atoms with Gasteiger partial charge in [0.25, 0.3) is 0 Å². The standard InChI is InChI=1S/C18H19N3O/c1-11(22)17-15(12-6-4-3-5-7-12)16-13-8-9-19-10-14(13)20-18(16)21(17)2/h3-10,15-18,20H,1-2H3. The normalized spacial score (nSPS) is 29.7. The van der Waals surface area contributed by atoms with Gasteiger partial charge in [-0.1, -0.05) is 30.3 Å². The summed E-state index contributed by atoms with van der Waals surface area (Å²) < 4.78 is 0. The second-order valence-corrected chi connectivity index (χ2v) is 6.24. The molecule has 0 bridgehead atoms. The Morgan fingerprint density at radius 1 is 1.18 bits per heavy atom. The Morgan fingerprint density at radius 2 is 1.95 bits per heavy atom. The van der Waals surface area contributed by atoms with Crippen molar-refractivity contribution in [2.45, 2.75) is 31.0 Å². The first-order valence-electron chi connectivity index (χ1n) is 7.66. The molecule has 0 radical (unpaired) electrons. The van der Waals surface area contributed by atoms with Crippen LogP contribution in [-0.4, -0.2) is 34.9 Å². The highest BCUT2D eigenvalue weighted by Crippen LogP contribution is 2.52. The molecule has 2 aromatic rings. The lowest BCUT2D eigenvalue weighted by Gasteiger charge is -2.26. The van der Waals surface area contributed by atoms with Crippen LogP contribution in [0.1, 0.15) is 29.9 Å². The van der Waals surface area contributed by atoms with Gasteiger partial charge in [-0.05, 0) is 31.2 Å². The SMILES string of the molecule is CC(=O)C1C(c2ccccc2)C2c3ccncc3NC2N1C. The number of aromatic nitrogens is 1. The molecule has 0 saturated carbocycles. The Morgan fingerprint density at radius 3 is 2.68 bits per heavy atom. The van der Waals surface area contributed by atoms with Gasteiger partial charge in [0.05, 0.1) is 24.1 Å². The Kier molecular flexibility index (Phi) is 3.01. The highest BCUT2D eigenvalue weighted by Gasteiger charge is 2.53. The van der Waals surface area contributed by atoms with Gasteiger partial charge in [0.15, 0.2) is 0 Å². The third-order valence-corrected chi connectivity index (χ3v) is 5.06. The summed E-state index contributed by atoms with van der Waals surface area (Å²) >= 11 is 0. The molecule has 0 spiro atoms. The smallest absolute Gasteiger partial charge is 0.147 e. The third kappa shape index (κ3) is 1.80. The molecule has 2 aliphatic heterocycles. The van der Waals surface area contributed by atoms with E-state index in [1.807, 2.05) is 25.5 Å². The number of hydrogen-bond acceptors (Lipinski definition) is 4. The predicted molar refractivity (Wildman–Crippen MR) is 85.8 cm³/mol. The van der Waals surface area contributed by atoms with Crippen LogP contribution in [0.15, 0.2) is 48.8 Å². The second-order valence-electron chi connectivity index (χ2n) is 6.24. The van der Waals surface area contributed by atoms with Crippen LogP contribution in [-0.2, 0) is 4.79 Å². The Balaban J connectivity index is 1.86. The molecule has 0 aliphatic carbocycles. The maximum atomic E-state index is 12.3. The number of likely N-dealkylation sites (tertiary alicyclic amines) is 1. The van der Waals surface area contributed by atoms with Crippen LogP contribution in [0, 0.1) is 0 Å². The number of Topliss-reactive ketones (excluding diaryl/α,β-unsaturated/α-hetero) is 1. The molecule has 1 aromatic heterocycles. The maximum absolute atomic E-state index is 12.3. The fourth-order valence-electron chi connectivity index (χ4n) is 4.21. The molecule has 2 aliphatic rings. The lowest BCUT2D eigenvalue weighted by Crippen LogP contribution is -2.41. The quantitative estimate of drug-likeness (QED) is 0.924. The van der Waals surface area contributed by atoms with Crippen molar-refractivity contribution in [2.24, 2.45) is 0 Å². The average molecular weight is 293 g/mol. The maximum Gasteiger partial charge on any atom is 0.147 e. The number of likely N-dealkylation sites (N-methyl/N-ethyl adjacent to an activating group) is 1. The molecule has 1 N–H and O–H groups in total. The van der Waals surface area contributed by atoms with Crippen molar-refractivity contribution in [1.29, 1.82) is 0 Å². The van der Waals surface area contributed by atoms with E-state index in [0.29, 0.717) is 0 Å². The number of carbonyl (C=O) groups is 1. The lowest BCUT2D eigenvalue weighted by atomic mass is 9.79. The number of nitrogens with zero attached hydrogens (tertiary/aromatic N) is 2. The summed E-state index contributed by atoms with van der Waals surface area (Å²) in [6.07, 6.45) is 3.87. The molecule has 112 valence electrons. The fourth-order valence-corrected chi connectivity index (χ4v) is 4.21.